The molecule has 23 heavy (non-hydrogen) atoms. The Labute approximate surface area is 147 Å². The van der Waals surface area contributed by atoms with Crippen LogP contribution in [0.25, 0.3) is 0 Å². The first-order valence-corrected chi connectivity index (χ1v) is 10.6. The van der Waals surface area contributed by atoms with E-state index in [2.05, 4.69) is 31.9 Å². The van der Waals surface area contributed by atoms with E-state index in [1.807, 2.05) is 0 Å². The summed E-state index contributed by atoms with van der Waals surface area (Å²) in [6, 6.07) is 1.54. The van der Waals surface area contributed by atoms with Crippen LogP contribution in [-0.2, 0) is 4.79 Å². The minimum Gasteiger partial charge on any atom is -0.312 e. The lowest BCUT2D eigenvalue weighted by Gasteiger charge is -2.60. The zero-order valence-corrected chi connectivity index (χ0v) is 15.2. The van der Waals surface area contributed by atoms with Crippen molar-refractivity contribution < 1.29 is 4.79 Å². The van der Waals surface area contributed by atoms with E-state index in [0.717, 1.165) is 37.8 Å². The van der Waals surface area contributed by atoms with Gasteiger partial charge in [0.25, 0.3) is 0 Å². The number of fused-ring (bicyclic) bond motifs is 4. The summed E-state index contributed by atoms with van der Waals surface area (Å²) in [6.45, 7) is 2.22. The number of hydrogen-bond acceptors (Lipinski definition) is 4. The Bertz CT molecular complexity index is 501. The molecular formula is C18H28BrN3O. The summed E-state index contributed by atoms with van der Waals surface area (Å²) in [5.74, 6) is 2.78. The van der Waals surface area contributed by atoms with Gasteiger partial charge in [0.05, 0.1) is 6.04 Å². The summed E-state index contributed by atoms with van der Waals surface area (Å²) in [5.41, 5.74) is 0. The average Bonchev–Trinajstić information content (AvgIpc) is 2.59. The second-order valence-electron chi connectivity index (χ2n) is 8.47. The van der Waals surface area contributed by atoms with E-state index in [0.29, 0.717) is 34.7 Å². The van der Waals surface area contributed by atoms with Gasteiger partial charge in [0.2, 0.25) is 0 Å². The van der Waals surface area contributed by atoms with Gasteiger partial charge in [-0.05, 0) is 63.5 Å². The van der Waals surface area contributed by atoms with Crippen LogP contribution in [-0.4, -0.2) is 47.9 Å². The number of Topliss-reactive ketones (excluding diaryl/α,β-unsaturated/α-hetero) is 1. The maximum atomic E-state index is 13.2. The quantitative estimate of drug-likeness (QED) is 0.555. The first kappa shape index (κ1) is 15.3. The number of rotatable bonds is 0. The molecule has 5 heteroatoms. The summed E-state index contributed by atoms with van der Waals surface area (Å²) >= 11 is 3.83. The first-order chi connectivity index (χ1) is 11.2. The molecule has 4 nitrogen and oxygen atoms in total. The molecule has 3 heterocycles. The van der Waals surface area contributed by atoms with Crippen LogP contribution in [0, 0.1) is 23.7 Å². The van der Waals surface area contributed by atoms with Crippen LogP contribution in [0.15, 0.2) is 0 Å². The Hall–Kier alpha value is 0.0300. The van der Waals surface area contributed by atoms with E-state index in [4.69, 9.17) is 0 Å². The molecule has 9 atom stereocenters. The molecular weight excluding hydrogens is 354 g/mol. The van der Waals surface area contributed by atoms with Gasteiger partial charge in [0.1, 0.15) is 0 Å². The highest BCUT2D eigenvalue weighted by Crippen LogP contribution is 2.49. The third-order valence-corrected chi connectivity index (χ3v) is 8.33. The van der Waals surface area contributed by atoms with Gasteiger partial charge in [-0.15, -0.1) is 0 Å². The average molecular weight is 382 g/mol. The molecule has 9 unspecified atom stereocenters. The molecule has 0 radical (unpaired) electrons. The highest BCUT2D eigenvalue weighted by molar-refractivity contribution is 9.09. The highest BCUT2D eigenvalue weighted by atomic mass is 79.9. The fourth-order valence-corrected chi connectivity index (χ4v) is 7.30. The standard InChI is InChI=1S/C18H28BrN3O/c19-9-3-4-10-11-5-7-21-16-14(11)17(22-13(10)8-9)18(23)12-2-1-6-20-15(12)16/h9-17,20-22H,1-8H2. The number of halogens is 1. The summed E-state index contributed by atoms with van der Waals surface area (Å²) in [4.78, 5) is 13.9. The summed E-state index contributed by atoms with van der Waals surface area (Å²) in [6.07, 6.45) is 7.31. The molecule has 5 fully saturated rings. The van der Waals surface area contributed by atoms with E-state index in [1.54, 1.807) is 0 Å². The molecule has 0 spiro atoms. The van der Waals surface area contributed by atoms with Gasteiger partial charge < -0.3 is 16.0 Å². The molecule has 3 N–H and O–H groups in total. The Morgan fingerprint density at radius 1 is 0.957 bits per heavy atom. The van der Waals surface area contributed by atoms with Gasteiger partial charge in [0.15, 0.2) is 5.78 Å². The lowest BCUT2D eigenvalue weighted by atomic mass is 9.55. The molecule has 0 aromatic heterocycles. The minimum absolute atomic E-state index is 0.109. The summed E-state index contributed by atoms with van der Waals surface area (Å²) in [7, 11) is 0. The molecule has 5 rings (SSSR count). The van der Waals surface area contributed by atoms with Crippen LogP contribution >= 0.6 is 15.9 Å². The number of hydrogen-bond donors (Lipinski definition) is 3. The van der Waals surface area contributed by atoms with E-state index < -0.39 is 0 Å². The van der Waals surface area contributed by atoms with Crippen molar-refractivity contribution in [2.45, 2.75) is 67.5 Å². The fraction of sp³-hybridized carbons (Fsp3) is 0.944. The maximum Gasteiger partial charge on any atom is 0.154 e. The predicted molar refractivity (Wildman–Crippen MR) is 93.7 cm³/mol. The maximum absolute atomic E-state index is 13.2. The molecule has 3 aliphatic heterocycles. The van der Waals surface area contributed by atoms with Crippen molar-refractivity contribution in [1.29, 1.82) is 0 Å². The lowest BCUT2D eigenvalue weighted by molar-refractivity contribution is -0.141. The Morgan fingerprint density at radius 2 is 1.83 bits per heavy atom. The van der Waals surface area contributed by atoms with Crippen molar-refractivity contribution in [3.8, 4) is 0 Å². The Kier molecular flexibility index (Phi) is 3.85. The Balaban J connectivity index is 1.50. The molecule has 0 bridgehead atoms. The van der Waals surface area contributed by atoms with Crippen LogP contribution < -0.4 is 16.0 Å². The van der Waals surface area contributed by atoms with Crippen molar-refractivity contribution in [3.05, 3.63) is 0 Å². The fourth-order valence-electron chi connectivity index (χ4n) is 6.63. The number of carbonyl (C=O) groups is 1. The highest BCUT2D eigenvalue weighted by Gasteiger charge is 2.58. The molecule has 0 aromatic rings. The zero-order valence-electron chi connectivity index (χ0n) is 13.6. The van der Waals surface area contributed by atoms with E-state index in [-0.39, 0.29) is 12.0 Å². The normalized spacial score (nSPS) is 55.5. The van der Waals surface area contributed by atoms with Crippen molar-refractivity contribution >= 4 is 21.7 Å². The number of alkyl halides is 1. The third kappa shape index (κ3) is 2.30. The smallest absolute Gasteiger partial charge is 0.154 e. The van der Waals surface area contributed by atoms with Gasteiger partial charge in [-0.25, -0.2) is 0 Å². The van der Waals surface area contributed by atoms with Crippen molar-refractivity contribution in [2.75, 3.05) is 13.1 Å². The minimum atomic E-state index is 0.109. The first-order valence-electron chi connectivity index (χ1n) is 9.64. The van der Waals surface area contributed by atoms with Crippen molar-refractivity contribution in [3.63, 3.8) is 0 Å². The van der Waals surface area contributed by atoms with Gasteiger partial charge in [0, 0.05) is 34.8 Å². The summed E-state index contributed by atoms with van der Waals surface area (Å²) < 4.78 is 0. The van der Waals surface area contributed by atoms with E-state index in [9.17, 15) is 4.79 Å². The second kappa shape index (κ2) is 5.79. The number of ketones is 1. The molecule has 5 aliphatic rings. The predicted octanol–water partition coefficient (Wildman–Crippen LogP) is 1.44. The van der Waals surface area contributed by atoms with Gasteiger partial charge in [-0.3, -0.25) is 4.79 Å². The number of piperidine rings is 3. The van der Waals surface area contributed by atoms with Crippen LogP contribution in [0.5, 0.6) is 0 Å². The number of nitrogens with one attached hydrogen (secondary N) is 3. The SMILES string of the molecule is O=C1C2CCCNC2C2NCCC3C4CCC(Br)CC4NC1C32. The molecule has 3 saturated heterocycles. The molecule has 2 aliphatic carbocycles. The molecule has 0 aromatic carbocycles. The van der Waals surface area contributed by atoms with Crippen LogP contribution in [0.4, 0.5) is 0 Å². The molecule has 0 amide bonds. The second-order valence-corrected chi connectivity index (χ2v) is 9.76. The van der Waals surface area contributed by atoms with Crippen LogP contribution in [0.3, 0.4) is 0 Å². The monoisotopic (exact) mass is 381 g/mol. The topological polar surface area (TPSA) is 53.2 Å². The lowest BCUT2D eigenvalue weighted by Crippen LogP contribution is -2.76. The van der Waals surface area contributed by atoms with Gasteiger partial charge in [-0.1, -0.05) is 15.9 Å². The van der Waals surface area contributed by atoms with Crippen LogP contribution in [0.2, 0.25) is 0 Å². The van der Waals surface area contributed by atoms with Crippen molar-refractivity contribution in [2.24, 2.45) is 23.7 Å². The zero-order chi connectivity index (χ0) is 15.6. The van der Waals surface area contributed by atoms with Crippen molar-refractivity contribution in [1.82, 2.24) is 16.0 Å². The largest absolute Gasteiger partial charge is 0.312 e. The van der Waals surface area contributed by atoms with Crippen LogP contribution in [0.1, 0.15) is 38.5 Å². The summed E-state index contributed by atoms with van der Waals surface area (Å²) in [5, 5.41) is 11.4. The third-order valence-electron chi connectivity index (χ3n) is 7.50. The van der Waals surface area contributed by atoms with Gasteiger partial charge >= 0.3 is 0 Å². The van der Waals surface area contributed by atoms with E-state index in [1.165, 1.54) is 25.7 Å². The number of carbonyl (C=O) groups excluding carboxylic acids is 1. The molecule has 128 valence electrons. The van der Waals surface area contributed by atoms with Gasteiger partial charge in [-0.2, -0.15) is 0 Å². The molecule has 2 saturated carbocycles. The Morgan fingerprint density at radius 3 is 2.74 bits per heavy atom. The van der Waals surface area contributed by atoms with E-state index >= 15 is 0 Å².